The molecule has 0 aliphatic rings. The van der Waals surface area contributed by atoms with Gasteiger partial charge >= 0.3 is 6.03 Å². The molecular formula is C13H21N3O3S. The second-order valence-corrected chi connectivity index (χ2v) is 7.37. The van der Waals surface area contributed by atoms with Crippen LogP contribution in [0.1, 0.15) is 26.3 Å². The van der Waals surface area contributed by atoms with Crippen molar-refractivity contribution >= 4 is 21.7 Å². The molecule has 3 N–H and O–H groups in total. The standard InChI is InChI=1S/C13H21N3O3S/c1-9-6-7-10(8-11(9)20(18,19)14-5)15-12(17)16-13(2,3)4/h6-8,14H,1-5H3,(H2,15,16,17). The highest BCUT2D eigenvalue weighted by Crippen LogP contribution is 2.20. The number of aryl methyl sites for hydroxylation is 1. The van der Waals surface area contributed by atoms with E-state index in [9.17, 15) is 13.2 Å². The average Bonchev–Trinajstić information content (AvgIpc) is 2.29. The molecule has 0 radical (unpaired) electrons. The molecule has 1 aromatic carbocycles. The SMILES string of the molecule is CNS(=O)(=O)c1cc(NC(=O)NC(C)(C)C)ccc1C. The first kappa shape index (κ1) is 16.5. The van der Waals surface area contributed by atoms with Crippen molar-refractivity contribution in [3.63, 3.8) is 0 Å². The number of urea groups is 1. The Kier molecular flexibility index (Phi) is 4.77. The lowest BCUT2D eigenvalue weighted by molar-refractivity contribution is 0.244. The molecule has 0 bridgehead atoms. The average molecular weight is 299 g/mol. The highest BCUT2D eigenvalue weighted by molar-refractivity contribution is 7.89. The highest BCUT2D eigenvalue weighted by Gasteiger charge is 2.17. The number of carbonyl (C=O) groups excluding carboxylic acids is 1. The quantitative estimate of drug-likeness (QED) is 0.795. The Morgan fingerprint density at radius 2 is 1.80 bits per heavy atom. The number of hydrogen-bond donors (Lipinski definition) is 3. The summed E-state index contributed by atoms with van der Waals surface area (Å²) < 4.78 is 26.0. The lowest BCUT2D eigenvalue weighted by Crippen LogP contribution is -2.43. The zero-order valence-electron chi connectivity index (χ0n) is 12.4. The van der Waals surface area contributed by atoms with Crippen molar-refractivity contribution in [2.45, 2.75) is 38.1 Å². The van der Waals surface area contributed by atoms with E-state index >= 15 is 0 Å². The lowest BCUT2D eigenvalue weighted by Gasteiger charge is -2.21. The molecule has 0 fully saturated rings. The van der Waals surface area contributed by atoms with Crippen LogP contribution in [0.5, 0.6) is 0 Å². The molecule has 0 spiro atoms. The van der Waals surface area contributed by atoms with Gasteiger partial charge in [-0.15, -0.1) is 0 Å². The van der Waals surface area contributed by atoms with Crippen LogP contribution >= 0.6 is 0 Å². The minimum atomic E-state index is -3.54. The number of carbonyl (C=O) groups is 1. The summed E-state index contributed by atoms with van der Waals surface area (Å²) in [4.78, 5) is 11.9. The maximum Gasteiger partial charge on any atom is 0.319 e. The van der Waals surface area contributed by atoms with Gasteiger partial charge in [0.1, 0.15) is 0 Å². The van der Waals surface area contributed by atoms with Gasteiger partial charge in [-0.05, 0) is 52.4 Å². The number of anilines is 1. The van der Waals surface area contributed by atoms with E-state index in [0.29, 0.717) is 11.3 Å². The van der Waals surface area contributed by atoms with E-state index in [4.69, 9.17) is 0 Å². The fourth-order valence-corrected chi connectivity index (χ4v) is 2.57. The Morgan fingerprint density at radius 3 is 2.30 bits per heavy atom. The third-order valence-corrected chi connectivity index (χ3v) is 4.05. The number of rotatable bonds is 3. The van der Waals surface area contributed by atoms with E-state index in [0.717, 1.165) is 0 Å². The number of nitrogens with one attached hydrogen (secondary N) is 3. The van der Waals surface area contributed by atoms with Gasteiger partial charge in [0.2, 0.25) is 10.0 Å². The Labute approximate surface area is 120 Å². The topological polar surface area (TPSA) is 87.3 Å². The first-order valence-corrected chi connectivity index (χ1v) is 7.67. The molecule has 0 atom stereocenters. The third-order valence-electron chi connectivity index (χ3n) is 2.49. The van der Waals surface area contributed by atoms with Crippen LogP contribution in [0, 0.1) is 6.92 Å². The van der Waals surface area contributed by atoms with Crippen LogP contribution in [0.4, 0.5) is 10.5 Å². The van der Waals surface area contributed by atoms with Gasteiger partial charge in [-0.1, -0.05) is 6.07 Å². The molecule has 112 valence electrons. The van der Waals surface area contributed by atoms with Crippen LogP contribution in [-0.4, -0.2) is 27.0 Å². The molecule has 1 aromatic rings. The van der Waals surface area contributed by atoms with Gasteiger partial charge in [0.15, 0.2) is 0 Å². The second kappa shape index (κ2) is 5.80. The summed E-state index contributed by atoms with van der Waals surface area (Å²) in [6.45, 7) is 7.28. The molecule has 1 rings (SSSR count). The zero-order chi connectivity index (χ0) is 15.6. The number of benzene rings is 1. The van der Waals surface area contributed by atoms with Crippen molar-refractivity contribution in [3.8, 4) is 0 Å². The Hall–Kier alpha value is -1.60. The summed E-state index contributed by atoms with van der Waals surface area (Å²) >= 11 is 0. The molecule has 0 aliphatic heterocycles. The first-order chi connectivity index (χ1) is 9.05. The fourth-order valence-electron chi connectivity index (χ4n) is 1.58. The van der Waals surface area contributed by atoms with Gasteiger partial charge in [0, 0.05) is 11.2 Å². The summed E-state index contributed by atoms with van der Waals surface area (Å²) in [5.41, 5.74) is 0.668. The predicted octanol–water partition coefficient (Wildman–Crippen LogP) is 1.82. The largest absolute Gasteiger partial charge is 0.333 e. The van der Waals surface area contributed by atoms with Gasteiger partial charge in [-0.25, -0.2) is 17.9 Å². The predicted molar refractivity (Wildman–Crippen MR) is 79.3 cm³/mol. The third kappa shape index (κ3) is 4.50. The normalized spacial score (nSPS) is 12.1. The number of hydrogen-bond acceptors (Lipinski definition) is 3. The summed E-state index contributed by atoms with van der Waals surface area (Å²) in [7, 11) is -2.20. The summed E-state index contributed by atoms with van der Waals surface area (Å²) in [6, 6.07) is 4.36. The summed E-state index contributed by atoms with van der Waals surface area (Å²) in [6.07, 6.45) is 0. The molecule has 0 unspecified atom stereocenters. The minimum Gasteiger partial charge on any atom is -0.333 e. The van der Waals surface area contributed by atoms with Crippen molar-refractivity contribution in [3.05, 3.63) is 23.8 Å². The van der Waals surface area contributed by atoms with Gasteiger partial charge < -0.3 is 10.6 Å². The van der Waals surface area contributed by atoms with Gasteiger partial charge in [-0.2, -0.15) is 0 Å². The molecular weight excluding hydrogens is 278 g/mol. The van der Waals surface area contributed by atoms with E-state index in [1.54, 1.807) is 19.1 Å². The van der Waals surface area contributed by atoms with E-state index in [1.807, 2.05) is 20.8 Å². The Bertz CT molecular complexity index is 604. The highest BCUT2D eigenvalue weighted by atomic mass is 32.2. The molecule has 0 aromatic heterocycles. The van der Waals surface area contributed by atoms with E-state index in [-0.39, 0.29) is 16.5 Å². The molecule has 20 heavy (non-hydrogen) atoms. The van der Waals surface area contributed by atoms with Crippen molar-refractivity contribution in [1.29, 1.82) is 0 Å². The van der Waals surface area contributed by atoms with Crippen molar-refractivity contribution in [1.82, 2.24) is 10.0 Å². The first-order valence-electron chi connectivity index (χ1n) is 6.18. The maximum atomic E-state index is 11.8. The van der Waals surface area contributed by atoms with Crippen molar-refractivity contribution in [2.24, 2.45) is 0 Å². The van der Waals surface area contributed by atoms with Gasteiger partial charge in [0.25, 0.3) is 0 Å². The lowest BCUT2D eigenvalue weighted by atomic mass is 10.1. The van der Waals surface area contributed by atoms with Crippen LogP contribution in [0.15, 0.2) is 23.1 Å². The van der Waals surface area contributed by atoms with Crippen molar-refractivity contribution in [2.75, 3.05) is 12.4 Å². The monoisotopic (exact) mass is 299 g/mol. The van der Waals surface area contributed by atoms with Crippen LogP contribution in [0.2, 0.25) is 0 Å². The zero-order valence-corrected chi connectivity index (χ0v) is 13.2. The van der Waals surface area contributed by atoms with Crippen LogP contribution < -0.4 is 15.4 Å². The summed E-state index contributed by atoms with van der Waals surface area (Å²) in [5, 5.41) is 5.36. The minimum absolute atomic E-state index is 0.147. The summed E-state index contributed by atoms with van der Waals surface area (Å²) in [5.74, 6) is 0. The van der Waals surface area contributed by atoms with Crippen LogP contribution in [0.3, 0.4) is 0 Å². The number of amides is 2. The Morgan fingerprint density at radius 1 is 1.20 bits per heavy atom. The van der Waals surface area contributed by atoms with E-state index < -0.39 is 10.0 Å². The van der Waals surface area contributed by atoms with Crippen molar-refractivity contribution < 1.29 is 13.2 Å². The second-order valence-electron chi connectivity index (χ2n) is 5.52. The van der Waals surface area contributed by atoms with E-state index in [2.05, 4.69) is 15.4 Å². The molecule has 6 nitrogen and oxygen atoms in total. The van der Waals surface area contributed by atoms with Gasteiger partial charge in [-0.3, -0.25) is 0 Å². The van der Waals surface area contributed by atoms with Crippen LogP contribution in [0.25, 0.3) is 0 Å². The molecule has 0 heterocycles. The smallest absolute Gasteiger partial charge is 0.319 e. The Balaban J connectivity index is 3.00. The molecule has 0 saturated carbocycles. The van der Waals surface area contributed by atoms with Crippen LogP contribution in [-0.2, 0) is 10.0 Å². The van der Waals surface area contributed by atoms with E-state index in [1.165, 1.54) is 13.1 Å². The molecule has 7 heteroatoms. The molecule has 0 aliphatic carbocycles. The van der Waals surface area contributed by atoms with Gasteiger partial charge in [0.05, 0.1) is 4.90 Å². The molecule has 0 saturated heterocycles. The molecule has 2 amide bonds. The fraction of sp³-hybridized carbons (Fsp3) is 0.462. The maximum absolute atomic E-state index is 11.8. The number of sulfonamides is 1.